The number of alkyl halides is 2. The first kappa shape index (κ1) is 25.9. The summed E-state index contributed by atoms with van der Waals surface area (Å²) in [6, 6.07) is 1.93. The van der Waals surface area contributed by atoms with E-state index in [1.165, 1.54) is 12.3 Å². The molecule has 0 aliphatic carbocycles. The molecule has 4 amide bonds. The number of nitrogens with one attached hydrogen (secondary N) is 1. The van der Waals surface area contributed by atoms with Crippen LogP contribution in [-0.4, -0.2) is 73.9 Å². The number of ether oxygens (including phenoxy) is 1. The summed E-state index contributed by atoms with van der Waals surface area (Å²) in [6.45, 7) is 9.23. The van der Waals surface area contributed by atoms with Crippen LogP contribution in [0.5, 0.6) is 0 Å². The van der Waals surface area contributed by atoms with Crippen LogP contribution >= 0.6 is 0 Å². The summed E-state index contributed by atoms with van der Waals surface area (Å²) in [5, 5.41) is 7.13. The van der Waals surface area contributed by atoms with Gasteiger partial charge < -0.3 is 24.8 Å². The van der Waals surface area contributed by atoms with Gasteiger partial charge >= 0.3 is 12.1 Å². The molecule has 0 radical (unpaired) electrons. The number of halogens is 2. The molecule has 5 rings (SSSR count). The van der Waals surface area contributed by atoms with E-state index in [2.05, 4.69) is 15.4 Å². The lowest BCUT2D eigenvalue weighted by Crippen LogP contribution is -2.60. The maximum Gasteiger partial charge on any atom is 0.410 e. The summed E-state index contributed by atoms with van der Waals surface area (Å²) in [5.41, 5.74) is 0.227. The van der Waals surface area contributed by atoms with Gasteiger partial charge in [0.2, 0.25) is 5.91 Å². The third-order valence-corrected chi connectivity index (χ3v) is 7.05. The van der Waals surface area contributed by atoms with Crippen molar-refractivity contribution >= 4 is 29.4 Å². The van der Waals surface area contributed by atoms with Gasteiger partial charge in [-0.2, -0.15) is 5.10 Å². The van der Waals surface area contributed by atoms with E-state index in [0.717, 1.165) is 11.8 Å². The Kier molecular flexibility index (Phi) is 6.27. The molecule has 204 valence electrons. The number of carbonyl (C=O) groups excluding carboxylic acids is 3. The number of nitrogens with zero attached hydrogens (tertiary/aromatic N) is 6. The number of likely N-dealkylation sites (tertiary alicyclic amines) is 1. The molecule has 3 aliphatic heterocycles. The van der Waals surface area contributed by atoms with Crippen molar-refractivity contribution < 1.29 is 27.9 Å². The molecule has 0 aromatic carbocycles. The van der Waals surface area contributed by atoms with Gasteiger partial charge in [0, 0.05) is 43.4 Å². The summed E-state index contributed by atoms with van der Waals surface area (Å²) in [4.78, 5) is 47.1. The highest BCUT2D eigenvalue weighted by Crippen LogP contribution is 2.43. The van der Waals surface area contributed by atoms with Crippen LogP contribution in [0, 0.1) is 5.41 Å². The highest BCUT2D eigenvalue weighted by molar-refractivity contribution is 5.97. The largest absolute Gasteiger partial charge is 0.444 e. The van der Waals surface area contributed by atoms with Crippen LogP contribution in [0.2, 0.25) is 0 Å². The zero-order chi connectivity index (χ0) is 27.4. The summed E-state index contributed by atoms with van der Waals surface area (Å²) >= 11 is 0. The number of rotatable bonds is 3. The minimum absolute atomic E-state index is 0.0597. The van der Waals surface area contributed by atoms with E-state index in [4.69, 9.17) is 4.74 Å². The van der Waals surface area contributed by atoms with Gasteiger partial charge in [0.05, 0.1) is 36.7 Å². The highest BCUT2D eigenvalue weighted by Gasteiger charge is 2.54. The zero-order valence-electron chi connectivity index (χ0n) is 21.8. The van der Waals surface area contributed by atoms with Crippen LogP contribution < -0.4 is 10.2 Å². The maximum atomic E-state index is 13.1. The van der Waals surface area contributed by atoms with Crippen LogP contribution in [-0.2, 0) is 22.6 Å². The van der Waals surface area contributed by atoms with Crippen molar-refractivity contribution in [3.05, 3.63) is 35.9 Å². The van der Waals surface area contributed by atoms with Gasteiger partial charge in [-0.25, -0.2) is 18.4 Å². The monoisotopic (exact) mass is 531 g/mol. The van der Waals surface area contributed by atoms with Gasteiger partial charge in [0.25, 0.3) is 6.43 Å². The van der Waals surface area contributed by atoms with E-state index in [1.54, 1.807) is 25.6 Å². The van der Waals surface area contributed by atoms with Crippen molar-refractivity contribution in [3.8, 4) is 0 Å². The molecule has 1 atom stereocenters. The number of urea groups is 1. The second-order valence-corrected chi connectivity index (χ2v) is 11.3. The van der Waals surface area contributed by atoms with Crippen LogP contribution in [0.25, 0.3) is 0 Å². The Morgan fingerprint density at radius 2 is 1.97 bits per heavy atom. The summed E-state index contributed by atoms with van der Waals surface area (Å²) < 4.78 is 33.3. The Hall–Kier alpha value is -3.77. The minimum atomic E-state index is -2.74. The zero-order valence-corrected chi connectivity index (χ0v) is 21.8. The molecule has 0 saturated carbocycles. The van der Waals surface area contributed by atoms with Gasteiger partial charge in [-0.1, -0.05) is 0 Å². The number of hydrogen-bond acceptors (Lipinski definition) is 6. The number of aromatic nitrogens is 3. The number of anilines is 2. The molecular weight excluding hydrogens is 500 g/mol. The topological polar surface area (TPSA) is 113 Å². The van der Waals surface area contributed by atoms with Crippen molar-refractivity contribution in [1.29, 1.82) is 0 Å². The van der Waals surface area contributed by atoms with Crippen LogP contribution in [0.4, 0.5) is 29.7 Å². The number of amides is 4. The molecule has 3 aliphatic rings. The first-order chi connectivity index (χ1) is 17.8. The first-order valence-corrected chi connectivity index (χ1v) is 12.5. The fourth-order valence-electron chi connectivity index (χ4n) is 5.27. The van der Waals surface area contributed by atoms with Crippen molar-refractivity contribution in [2.75, 3.05) is 29.9 Å². The van der Waals surface area contributed by atoms with E-state index in [-0.39, 0.29) is 35.7 Å². The summed E-state index contributed by atoms with van der Waals surface area (Å²) in [6.07, 6.45) is 0.0470. The maximum absolute atomic E-state index is 13.1. The Morgan fingerprint density at radius 1 is 1.24 bits per heavy atom. The molecule has 13 heteroatoms. The Balaban J connectivity index is 1.27. The number of pyridine rings is 1. The van der Waals surface area contributed by atoms with Gasteiger partial charge in [-0.15, -0.1) is 0 Å². The predicted molar refractivity (Wildman–Crippen MR) is 133 cm³/mol. The van der Waals surface area contributed by atoms with Crippen molar-refractivity contribution in [2.24, 2.45) is 5.41 Å². The second kappa shape index (κ2) is 9.21. The Morgan fingerprint density at radius 3 is 2.66 bits per heavy atom. The predicted octanol–water partition coefficient (Wildman–Crippen LogP) is 3.63. The average Bonchev–Trinajstić information content (AvgIpc) is 3.36. The van der Waals surface area contributed by atoms with E-state index in [9.17, 15) is 23.2 Å². The molecule has 2 aromatic heterocycles. The molecule has 1 spiro atoms. The molecule has 38 heavy (non-hydrogen) atoms. The lowest BCUT2D eigenvalue weighted by molar-refractivity contribution is -0.119. The number of carbonyl (C=O) groups is 3. The molecule has 11 nitrogen and oxygen atoms in total. The Bertz CT molecular complexity index is 1270. The van der Waals surface area contributed by atoms with Crippen molar-refractivity contribution in [2.45, 2.75) is 65.3 Å². The molecule has 2 saturated heterocycles. The molecular formula is C25H31F2N7O4. The SMILES string of the molecule is C[C@H]1Cn2ncc(N3CC4(CC3=O)CN(C(=O)OC(C)(C)C)C4)c2CN1C(=O)Nc1ccnc(C(F)F)c1. The van der Waals surface area contributed by atoms with E-state index in [1.807, 2.05) is 27.7 Å². The summed E-state index contributed by atoms with van der Waals surface area (Å²) in [7, 11) is 0. The number of fused-ring (bicyclic) bond motifs is 1. The number of hydrogen-bond donors (Lipinski definition) is 1. The second-order valence-electron chi connectivity index (χ2n) is 11.3. The molecule has 2 aromatic rings. The Labute approximate surface area is 218 Å². The molecule has 5 heterocycles. The van der Waals surface area contributed by atoms with E-state index >= 15 is 0 Å². The smallest absolute Gasteiger partial charge is 0.410 e. The van der Waals surface area contributed by atoms with Gasteiger partial charge in [0.1, 0.15) is 11.3 Å². The fraction of sp³-hybridized carbons (Fsp3) is 0.560. The van der Waals surface area contributed by atoms with Gasteiger partial charge in [-0.3, -0.25) is 14.5 Å². The molecule has 2 fully saturated rings. The van der Waals surface area contributed by atoms with Crippen LogP contribution in [0.15, 0.2) is 24.5 Å². The normalized spacial score (nSPS) is 20.6. The van der Waals surface area contributed by atoms with Crippen molar-refractivity contribution in [3.63, 3.8) is 0 Å². The highest BCUT2D eigenvalue weighted by atomic mass is 19.3. The molecule has 1 N–H and O–H groups in total. The fourth-order valence-corrected chi connectivity index (χ4v) is 5.27. The van der Waals surface area contributed by atoms with E-state index in [0.29, 0.717) is 38.3 Å². The van der Waals surface area contributed by atoms with Crippen molar-refractivity contribution in [1.82, 2.24) is 24.6 Å². The van der Waals surface area contributed by atoms with Crippen LogP contribution in [0.3, 0.4) is 0 Å². The lowest BCUT2D eigenvalue weighted by Gasteiger charge is -2.47. The van der Waals surface area contributed by atoms with Gasteiger partial charge in [-0.05, 0) is 39.8 Å². The van der Waals surface area contributed by atoms with Crippen LogP contribution in [0.1, 0.15) is 51.9 Å². The van der Waals surface area contributed by atoms with E-state index < -0.39 is 23.8 Å². The third-order valence-electron chi connectivity index (χ3n) is 7.05. The first-order valence-electron chi connectivity index (χ1n) is 12.5. The quantitative estimate of drug-likeness (QED) is 0.647. The standard InChI is InChI=1S/C25H31F2N7O4/c1-15-10-34-19(11-32(15)22(36)30-16-5-6-28-17(7-16)21(26)27)18(9-29-34)33-14-25(8-20(33)35)12-31(13-25)23(37)38-24(2,3)4/h5-7,9,15,21H,8,10-14H2,1-4H3,(H,28,30,36)/t15-/m0/s1. The molecule has 0 bridgehead atoms. The lowest BCUT2D eigenvalue weighted by atomic mass is 9.79. The van der Waals surface area contributed by atoms with Gasteiger partial charge in [0.15, 0.2) is 0 Å². The summed E-state index contributed by atoms with van der Waals surface area (Å²) in [5.74, 6) is -0.0597. The molecule has 0 unspecified atom stereocenters. The average molecular weight is 532 g/mol. The third kappa shape index (κ3) is 4.88. The minimum Gasteiger partial charge on any atom is -0.444 e.